The number of hydrogen-bond acceptors (Lipinski definition) is 4. The number of carbonyl (C=O) groups is 1. The van der Waals surface area contributed by atoms with Crippen LogP contribution >= 0.6 is 11.6 Å². The van der Waals surface area contributed by atoms with Gasteiger partial charge in [0.25, 0.3) is 11.7 Å². The number of fused-ring (bicyclic) bond motifs is 2. The molecule has 2 aromatic rings. The maximum Gasteiger partial charge on any atom is 0.292 e. The molecule has 0 radical (unpaired) electrons. The van der Waals surface area contributed by atoms with Crippen molar-refractivity contribution in [3.05, 3.63) is 58.6 Å². The molecule has 2 aliphatic rings. The zero-order chi connectivity index (χ0) is 20.4. The van der Waals surface area contributed by atoms with Crippen molar-refractivity contribution in [2.45, 2.75) is 39.0 Å². The summed E-state index contributed by atoms with van der Waals surface area (Å²) in [6.45, 7) is 6.39. The van der Waals surface area contributed by atoms with Crippen LogP contribution in [-0.4, -0.2) is 25.7 Å². The van der Waals surface area contributed by atoms with E-state index in [1.807, 2.05) is 36.4 Å². The molecule has 2 aromatic carbocycles. The molecule has 0 N–H and O–H groups in total. The van der Waals surface area contributed by atoms with Crippen molar-refractivity contribution >= 4 is 23.2 Å². The van der Waals surface area contributed by atoms with Gasteiger partial charge in [-0.2, -0.15) is 0 Å². The summed E-state index contributed by atoms with van der Waals surface area (Å²) in [6, 6.07) is 13.3. The highest BCUT2D eigenvalue weighted by Crippen LogP contribution is 2.48. The molecule has 2 aliphatic heterocycles. The Morgan fingerprint density at radius 2 is 1.86 bits per heavy atom. The Kier molecular flexibility index (Phi) is 5.81. The van der Waals surface area contributed by atoms with Gasteiger partial charge in [-0.15, -0.1) is 0 Å². The minimum absolute atomic E-state index is 0.224. The second kappa shape index (κ2) is 8.34. The molecule has 1 spiro atoms. The van der Waals surface area contributed by atoms with E-state index in [9.17, 15) is 4.79 Å². The Bertz CT molecular complexity index is 875. The minimum Gasteiger partial charge on any atom is -0.494 e. The quantitative estimate of drug-likeness (QED) is 0.673. The molecule has 5 nitrogen and oxygen atoms in total. The van der Waals surface area contributed by atoms with Crippen molar-refractivity contribution in [3.8, 4) is 5.75 Å². The van der Waals surface area contributed by atoms with E-state index in [2.05, 4.69) is 13.8 Å². The summed E-state index contributed by atoms with van der Waals surface area (Å²) in [6.07, 6.45) is 1.78. The van der Waals surface area contributed by atoms with Gasteiger partial charge >= 0.3 is 0 Å². The van der Waals surface area contributed by atoms with E-state index in [1.54, 1.807) is 11.0 Å². The first-order valence-corrected chi connectivity index (χ1v) is 10.5. The maximum absolute atomic E-state index is 13.4. The molecule has 6 heteroatoms. The molecule has 0 unspecified atom stereocenters. The number of carbonyl (C=O) groups excluding carboxylic acids is 1. The summed E-state index contributed by atoms with van der Waals surface area (Å²) in [4.78, 5) is 15.0. The number of benzene rings is 2. The monoisotopic (exact) mass is 415 g/mol. The van der Waals surface area contributed by atoms with Crippen LogP contribution in [0, 0.1) is 5.92 Å². The summed E-state index contributed by atoms with van der Waals surface area (Å²) in [5.41, 5.74) is 2.33. The van der Waals surface area contributed by atoms with E-state index >= 15 is 0 Å². The molecule has 29 heavy (non-hydrogen) atoms. The standard InChI is InChI=1S/C23H26ClNO4/c1-16(2)11-14-27-18-9-7-17(8-10-18)15-25-21-19(5-3-6-20(21)24)23(22(25)26)28-12-4-13-29-23/h3,5-10,16H,4,11-15H2,1-2H3. The lowest BCUT2D eigenvalue weighted by molar-refractivity contribution is -0.256. The van der Waals surface area contributed by atoms with Crippen LogP contribution in [-0.2, 0) is 26.6 Å². The molecule has 2 heterocycles. The summed E-state index contributed by atoms with van der Waals surface area (Å²) in [7, 11) is 0. The molecule has 0 saturated carbocycles. The van der Waals surface area contributed by atoms with E-state index in [-0.39, 0.29) is 5.91 Å². The lowest BCUT2D eigenvalue weighted by atomic mass is 10.1. The van der Waals surface area contributed by atoms with Crippen LogP contribution in [0.2, 0.25) is 5.02 Å². The van der Waals surface area contributed by atoms with Gasteiger partial charge in [-0.1, -0.05) is 49.7 Å². The number of nitrogens with zero attached hydrogens (tertiary/aromatic N) is 1. The highest BCUT2D eigenvalue weighted by Gasteiger charge is 2.55. The topological polar surface area (TPSA) is 48.0 Å². The number of ether oxygens (including phenoxy) is 3. The third kappa shape index (κ3) is 3.87. The lowest BCUT2D eigenvalue weighted by Gasteiger charge is -2.32. The van der Waals surface area contributed by atoms with Crippen LogP contribution in [0.15, 0.2) is 42.5 Å². The maximum atomic E-state index is 13.4. The largest absolute Gasteiger partial charge is 0.494 e. The number of para-hydroxylation sites is 1. The van der Waals surface area contributed by atoms with Crippen molar-refractivity contribution in [1.82, 2.24) is 0 Å². The van der Waals surface area contributed by atoms with E-state index in [0.717, 1.165) is 24.2 Å². The summed E-state index contributed by atoms with van der Waals surface area (Å²) in [5.74, 6) is -0.163. The molecule has 0 bridgehead atoms. The molecule has 1 fully saturated rings. The number of anilines is 1. The fraction of sp³-hybridized carbons (Fsp3) is 0.435. The van der Waals surface area contributed by atoms with Crippen molar-refractivity contribution in [3.63, 3.8) is 0 Å². The first-order valence-electron chi connectivity index (χ1n) is 10.1. The van der Waals surface area contributed by atoms with E-state index in [4.69, 9.17) is 25.8 Å². The molecule has 0 aliphatic carbocycles. The number of rotatable bonds is 6. The Hall–Kier alpha value is -2.08. The Labute approximate surface area is 176 Å². The van der Waals surface area contributed by atoms with Gasteiger partial charge in [0.1, 0.15) is 5.75 Å². The van der Waals surface area contributed by atoms with Gasteiger partial charge in [0, 0.05) is 5.56 Å². The van der Waals surface area contributed by atoms with Gasteiger partial charge in [-0.05, 0) is 42.5 Å². The van der Waals surface area contributed by atoms with E-state index in [0.29, 0.717) is 48.6 Å². The first-order chi connectivity index (χ1) is 14.0. The second-order valence-corrected chi connectivity index (χ2v) is 8.28. The highest BCUT2D eigenvalue weighted by molar-refractivity contribution is 6.34. The summed E-state index contributed by atoms with van der Waals surface area (Å²) in [5, 5.41) is 0.513. The van der Waals surface area contributed by atoms with Gasteiger partial charge in [0.15, 0.2) is 0 Å². The number of halogens is 1. The minimum atomic E-state index is -1.38. The van der Waals surface area contributed by atoms with Crippen LogP contribution in [0.5, 0.6) is 5.75 Å². The average Bonchev–Trinajstić information content (AvgIpc) is 2.93. The number of amides is 1. The molecular formula is C23H26ClNO4. The zero-order valence-electron chi connectivity index (χ0n) is 16.8. The average molecular weight is 416 g/mol. The second-order valence-electron chi connectivity index (χ2n) is 7.87. The van der Waals surface area contributed by atoms with Gasteiger partial charge in [-0.25, -0.2) is 0 Å². The number of hydrogen-bond donors (Lipinski definition) is 0. The predicted molar refractivity (Wildman–Crippen MR) is 112 cm³/mol. The highest BCUT2D eigenvalue weighted by atomic mass is 35.5. The van der Waals surface area contributed by atoms with Crippen LogP contribution in [0.25, 0.3) is 0 Å². The molecule has 0 aromatic heterocycles. The molecule has 0 atom stereocenters. The SMILES string of the molecule is CC(C)CCOc1ccc(CN2C(=O)C3(OCCCO3)c3cccc(Cl)c32)cc1. The molecule has 4 rings (SSSR count). The third-order valence-electron chi connectivity index (χ3n) is 5.27. The molecular weight excluding hydrogens is 390 g/mol. The molecule has 1 amide bonds. The smallest absolute Gasteiger partial charge is 0.292 e. The summed E-state index contributed by atoms with van der Waals surface area (Å²) < 4.78 is 17.5. The van der Waals surface area contributed by atoms with Gasteiger partial charge in [0.2, 0.25) is 0 Å². The van der Waals surface area contributed by atoms with Crippen molar-refractivity contribution in [2.75, 3.05) is 24.7 Å². The van der Waals surface area contributed by atoms with Gasteiger partial charge < -0.3 is 19.1 Å². The normalized spacial score (nSPS) is 17.8. The fourth-order valence-electron chi connectivity index (χ4n) is 3.70. The Morgan fingerprint density at radius 3 is 2.55 bits per heavy atom. The zero-order valence-corrected chi connectivity index (χ0v) is 17.6. The summed E-state index contributed by atoms with van der Waals surface area (Å²) >= 11 is 6.48. The van der Waals surface area contributed by atoms with Gasteiger partial charge in [0.05, 0.1) is 37.1 Å². The Balaban J connectivity index is 1.55. The van der Waals surface area contributed by atoms with Crippen LogP contribution in [0.1, 0.15) is 37.8 Å². The van der Waals surface area contributed by atoms with Crippen molar-refractivity contribution in [2.24, 2.45) is 5.92 Å². The van der Waals surface area contributed by atoms with E-state index in [1.165, 1.54) is 0 Å². The lowest BCUT2D eigenvalue weighted by Crippen LogP contribution is -2.47. The third-order valence-corrected chi connectivity index (χ3v) is 5.57. The van der Waals surface area contributed by atoms with E-state index < -0.39 is 5.79 Å². The van der Waals surface area contributed by atoms with Crippen molar-refractivity contribution in [1.29, 1.82) is 0 Å². The van der Waals surface area contributed by atoms with Crippen LogP contribution in [0.3, 0.4) is 0 Å². The fourth-order valence-corrected chi connectivity index (χ4v) is 3.97. The van der Waals surface area contributed by atoms with Crippen LogP contribution < -0.4 is 9.64 Å². The van der Waals surface area contributed by atoms with Crippen molar-refractivity contribution < 1.29 is 19.0 Å². The van der Waals surface area contributed by atoms with Gasteiger partial charge in [-0.3, -0.25) is 4.79 Å². The Morgan fingerprint density at radius 1 is 1.14 bits per heavy atom. The predicted octanol–water partition coefficient (Wildman–Crippen LogP) is 4.90. The first kappa shape index (κ1) is 20.2. The molecule has 1 saturated heterocycles. The van der Waals surface area contributed by atoms with Crippen LogP contribution in [0.4, 0.5) is 5.69 Å². The molecule has 154 valence electrons.